The van der Waals surface area contributed by atoms with E-state index in [1.807, 2.05) is 0 Å². The van der Waals surface area contributed by atoms with Gasteiger partial charge < -0.3 is 0 Å². The van der Waals surface area contributed by atoms with Crippen LogP contribution in [0.1, 0.15) is 0 Å². The average molecular weight is 164 g/mol. The molecule has 1 rings (SSSR count). The average Bonchev–Trinajstić information content (AvgIpc) is 2.14. The van der Waals surface area contributed by atoms with Gasteiger partial charge in [0.2, 0.25) is 0 Å². The third-order valence-electron chi connectivity index (χ3n) is 0.615. The molecule has 0 amide bonds. The molecule has 2 unspecified atom stereocenters. The SMILES string of the molecule is [P]Pc1cc[pH]p1. The summed E-state index contributed by atoms with van der Waals surface area (Å²) in [6.07, 6.45) is 0. The van der Waals surface area contributed by atoms with E-state index in [1.54, 1.807) is 0 Å². The van der Waals surface area contributed by atoms with Crippen LogP contribution in [0.15, 0.2) is 11.9 Å². The lowest BCUT2D eigenvalue weighted by Gasteiger charge is -1.77. The second-order valence-electron chi connectivity index (χ2n) is 1.07. The molecule has 0 aliphatic heterocycles. The summed E-state index contributed by atoms with van der Waals surface area (Å²) in [7, 11) is 7.38. The first-order valence-corrected chi connectivity index (χ1v) is 6.93. The highest BCUT2D eigenvalue weighted by Gasteiger charge is 1.83. The Morgan fingerprint density at radius 2 is 2.71 bits per heavy atom. The third-order valence-corrected chi connectivity index (χ3v) is 6.00. The summed E-state index contributed by atoms with van der Waals surface area (Å²) in [5, 5.41) is 1.49. The van der Waals surface area contributed by atoms with E-state index in [4.69, 9.17) is 0 Å². The van der Waals surface area contributed by atoms with Crippen LogP contribution in [0.25, 0.3) is 0 Å². The van der Waals surface area contributed by atoms with E-state index in [9.17, 15) is 0 Å². The number of hydrogen-bond acceptors (Lipinski definition) is 0. The summed E-state index contributed by atoms with van der Waals surface area (Å²) in [5.74, 6) is 2.22. The van der Waals surface area contributed by atoms with Crippen LogP contribution in [0, 0.1) is 0 Å². The molecule has 0 bridgehead atoms. The van der Waals surface area contributed by atoms with E-state index >= 15 is 0 Å². The van der Waals surface area contributed by atoms with Crippen molar-refractivity contribution in [3.05, 3.63) is 11.9 Å². The van der Waals surface area contributed by atoms with Crippen molar-refractivity contribution in [3.63, 3.8) is 0 Å². The zero-order valence-electron chi connectivity index (χ0n) is 3.55. The molecule has 0 fully saturated rings. The largest absolute Gasteiger partial charge is 0.110 e. The minimum absolute atomic E-state index is 0.730. The summed E-state index contributed by atoms with van der Waals surface area (Å²) >= 11 is 0. The summed E-state index contributed by atoms with van der Waals surface area (Å²) < 4.78 is 0. The van der Waals surface area contributed by atoms with Crippen molar-refractivity contribution in [1.82, 2.24) is 0 Å². The van der Waals surface area contributed by atoms with Crippen molar-refractivity contribution >= 4 is 38.0 Å². The maximum absolute atomic E-state index is 4.15. The third kappa shape index (κ3) is 1.79. The van der Waals surface area contributed by atoms with Crippen LogP contribution >= 0.6 is 32.9 Å². The molecule has 0 saturated heterocycles. The van der Waals surface area contributed by atoms with Crippen molar-refractivity contribution in [1.29, 1.82) is 0 Å². The first-order valence-electron chi connectivity index (χ1n) is 1.83. The molecule has 0 aliphatic carbocycles. The smallest absolute Gasteiger partial charge is 0.00899 e. The molecule has 2 radical (unpaired) electrons. The molecule has 1 heterocycles. The molecule has 0 aromatic carbocycles. The summed E-state index contributed by atoms with van der Waals surface area (Å²) in [4.78, 5) is 0. The summed E-state index contributed by atoms with van der Waals surface area (Å²) in [6.45, 7) is 0. The fourth-order valence-electron chi connectivity index (χ4n) is 0.323. The molecule has 0 N–H and O–H groups in total. The van der Waals surface area contributed by atoms with Crippen molar-refractivity contribution in [3.8, 4) is 0 Å². The standard InChI is InChI=1S/C3H4P4/c4-6-3-1-2-5-7-3/h1-2,5-6H. The van der Waals surface area contributed by atoms with Crippen molar-refractivity contribution in [2.24, 2.45) is 0 Å². The summed E-state index contributed by atoms with van der Waals surface area (Å²) in [5.41, 5.74) is 0. The molecular formula is C3H4P4. The van der Waals surface area contributed by atoms with Gasteiger partial charge in [0.1, 0.15) is 0 Å². The lowest BCUT2D eigenvalue weighted by Crippen LogP contribution is -1.71. The van der Waals surface area contributed by atoms with Crippen molar-refractivity contribution in [2.75, 3.05) is 0 Å². The van der Waals surface area contributed by atoms with Crippen LogP contribution in [0.2, 0.25) is 0 Å². The molecule has 2 atom stereocenters. The Balaban J connectivity index is 2.76. The van der Waals surface area contributed by atoms with Crippen LogP contribution in [-0.4, -0.2) is 0 Å². The van der Waals surface area contributed by atoms with E-state index in [2.05, 4.69) is 20.8 Å². The van der Waals surface area contributed by atoms with E-state index < -0.39 is 0 Å². The zero-order chi connectivity index (χ0) is 5.11. The van der Waals surface area contributed by atoms with Crippen LogP contribution in [0.3, 0.4) is 0 Å². The molecule has 7 heavy (non-hydrogen) atoms. The van der Waals surface area contributed by atoms with Gasteiger partial charge in [0.15, 0.2) is 0 Å². The molecule has 0 saturated carbocycles. The maximum Gasteiger partial charge on any atom is 0.00899 e. The van der Waals surface area contributed by atoms with Gasteiger partial charge in [0.05, 0.1) is 0 Å². The van der Waals surface area contributed by atoms with E-state index in [1.165, 1.54) is 12.9 Å². The summed E-state index contributed by atoms with van der Waals surface area (Å²) in [6, 6.07) is 2.19. The zero-order valence-corrected chi connectivity index (χ0v) is 7.34. The Morgan fingerprint density at radius 1 is 1.86 bits per heavy atom. The van der Waals surface area contributed by atoms with Gasteiger partial charge in [-0.25, -0.2) is 0 Å². The van der Waals surface area contributed by atoms with Crippen LogP contribution < -0.4 is 5.04 Å². The van der Waals surface area contributed by atoms with E-state index in [-0.39, 0.29) is 0 Å². The van der Waals surface area contributed by atoms with E-state index in [0.29, 0.717) is 0 Å². The highest BCUT2D eigenvalue weighted by molar-refractivity contribution is 8.12. The van der Waals surface area contributed by atoms with Gasteiger partial charge in [-0.3, -0.25) is 0 Å². The highest BCUT2D eigenvalue weighted by Crippen LogP contribution is 2.29. The lowest BCUT2D eigenvalue weighted by molar-refractivity contribution is 2.23. The molecule has 1 aromatic heterocycles. The molecule has 0 spiro atoms. The molecule has 4 heteroatoms. The molecular weight excluding hydrogens is 160 g/mol. The van der Waals surface area contributed by atoms with Crippen molar-refractivity contribution < 1.29 is 0 Å². The van der Waals surface area contributed by atoms with Gasteiger partial charge in [-0.1, -0.05) is 0 Å². The normalized spacial score (nSPS) is 13.3. The van der Waals surface area contributed by atoms with Gasteiger partial charge >= 0.3 is 0 Å². The second kappa shape index (κ2) is 3.17. The number of rotatable bonds is 1. The lowest BCUT2D eigenvalue weighted by atomic mass is 10.8. The van der Waals surface area contributed by atoms with Gasteiger partial charge in [-0.2, -0.15) is 0 Å². The van der Waals surface area contributed by atoms with Crippen LogP contribution in [0.4, 0.5) is 0 Å². The van der Waals surface area contributed by atoms with Gasteiger partial charge in [0.25, 0.3) is 0 Å². The Labute approximate surface area is 50.4 Å². The molecule has 0 nitrogen and oxygen atoms in total. The van der Waals surface area contributed by atoms with Crippen molar-refractivity contribution in [2.45, 2.75) is 0 Å². The Bertz CT molecular complexity index is 121. The number of hydrogen-bond donors (Lipinski definition) is 0. The Kier molecular flexibility index (Phi) is 2.80. The van der Waals surface area contributed by atoms with Gasteiger partial charge in [-0.15, -0.1) is 7.87 Å². The van der Waals surface area contributed by atoms with Gasteiger partial charge in [0, 0.05) is 5.04 Å². The predicted octanol–water partition coefficient (Wildman–Crippen LogP) is 2.93. The first-order chi connectivity index (χ1) is 3.43. The molecule has 1 aromatic rings. The van der Waals surface area contributed by atoms with Crippen LogP contribution in [0.5, 0.6) is 0 Å². The fraction of sp³-hybridized carbons (Fsp3) is 0. The minimum Gasteiger partial charge on any atom is -0.110 e. The Morgan fingerprint density at radius 3 is 3.00 bits per heavy atom. The van der Waals surface area contributed by atoms with Gasteiger partial charge in [-0.05, 0) is 36.9 Å². The molecule has 0 aliphatic rings. The topological polar surface area (TPSA) is 0 Å². The minimum atomic E-state index is 0.730. The second-order valence-corrected chi connectivity index (χ2v) is 5.67. The quantitative estimate of drug-likeness (QED) is 0.559. The highest BCUT2D eigenvalue weighted by atomic mass is 32.0. The van der Waals surface area contributed by atoms with Crippen LogP contribution in [-0.2, 0) is 0 Å². The first kappa shape index (κ1) is 6.19. The molecule has 36 valence electrons. The Hall–Kier alpha value is 1.07. The fourth-order valence-corrected chi connectivity index (χ4v) is 5.28. The maximum atomic E-state index is 4.15. The van der Waals surface area contributed by atoms with E-state index in [0.717, 1.165) is 16.1 Å². The predicted molar refractivity (Wildman–Crippen MR) is 43.3 cm³/mol. The monoisotopic (exact) mass is 164 g/mol.